The van der Waals surface area contributed by atoms with E-state index in [9.17, 15) is 5.11 Å². The monoisotopic (exact) mass is 275 g/mol. The highest BCUT2D eigenvalue weighted by molar-refractivity contribution is 5.25. The van der Waals surface area contributed by atoms with Crippen molar-refractivity contribution in [1.82, 2.24) is 5.32 Å². The number of aryl methyl sites for hydroxylation is 1. The molecule has 2 heteroatoms. The SMILES string of the molecule is C[C@H]1[C@H](C)CCC[C@@H]1N[C@@H](C)CCc1ccc(O)cc1. The maximum Gasteiger partial charge on any atom is 0.115 e. The second-order valence-corrected chi connectivity index (χ2v) is 6.65. The third kappa shape index (κ3) is 4.24. The largest absolute Gasteiger partial charge is 0.508 e. The third-order valence-electron chi connectivity index (χ3n) is 5.01. The van der Waals surface area contributed by atoms with Crippen LogP contribution in [0.5, 0.6) is 5.75 Å². The molecular weight excluding hydrogens is 246 g/mol. The number of benzene rings is 1. The van der Waals surface area contributed by atoms with Gasteiger partial charge in [0.05, 0.1) is 0 Å². The minimum atomic E-state index is 0.352. The molecule has 1 aromatic carbocycles. The molecule has 1 fully saturated rings. The Balaban J connectivity index is 1.77. The molecule has 2 N–H and O–H groups in total. The van der Waals surface area contributed by atoms with E-state index in [4.69, 9.17) is 0 Å². The Morgan fingerprint density at radius 2 is 1.90 bits per heavy atom. The molecule has 0 aliphatic heterocycles. The van der Waals surface area contributed by atoms with Gasteiger partial charge in [-0.05, 0) is 55.7 Å². The number of nitrogens with one attached hydrogen (secondary N) is 1. The van der Waals surface area contributed by atoms with Crippen LogP contribution >= 0.6 is 0 Å². The molecule has 112 valence electrons. The van der Waals surface area contributed by atoms with Crippen molar-refractivity contribution in [3.8, 4) is 5.75 Å². The fraction of sp³-hybridized carbons (Fsp3) is 0.667. The van der Waals surface area contributed by atoms with Crippen LogP contribution in [0.3, 0.4) is 0 Å². The summed E-state index contributed by atoms with van der Waals surface area (Å²) in [6.07, 6.45) is 6.32. The van der Waals surface area contributed by atoms with E-state index in [0.717, 1.165) is 24.7 Å². The van der Waals surface area contributed by atoms with Crippen molar-refractivity contribution in [2.45, 2.75) is 65.0 Å². The maximum atomic E-state index is 9.29. The van der Waals surface area contributed by atoms with Gasteiger partial charge in [0.25, 0.3) is 0 Å². The zero-order valence-electron chi connectivity index (χ0n) is 13.1. The molecule has 20 heavy (non-hydrogen) atoms. The highest BCUT2D eigenvalue weighted by Gasteiger charge is 2.27. The van der Waals surface area contributed by atoms with Gasteiger partial charge < -0.3 is 10.4 Å². The number of phenols is 1. The Hall–Kier alpha value is -1.02. The van der Waals surface area contributed by atoms with Gasteiger partial charge in [-0.25, -0.2) is 0 Å². The summed E-state index contributed by atoms with van der Waals surface area (Å²) in [6.45, 7) is 7.08. The zero-order chi connectivity index (χ0) is 14.5. The van der Waals surface area contributed by atoms with Crippen LogP contribution in [-0.2, 0) is 6.42 Å². The molecule has 0 radical (unpaired) electrons. The van der Waals surface area contributed by atoms with Crippen molar-refractivity contribution in [2.24, 2.45) is 11.8 Å². The molecule has 4 atom stereocenters. The number of hydrogen-bond donors (Lipinski definition) is 2. The van der Waals surface area contributed by atoms with E-state index in [0.29, 0.717) is 17.8 Å². The minimum absolute atomic E-state index is 0.352. The summed E-state index contributed by atoms with van der Waals surface area (Å²) in [7, 11) is 0. The molecule has 1 saturated carbocycles. The van der Waals surface area contributed by atoms with Crippen molar-refractivity contribution < 1.29 is 5.11 Å². The minimum Gasteiger partial charge on any atom is -0.508 e. The summed E-state index contributed by atoms with van der Waals surface area (Å²) in [4.78, 5) is 0. The lowest BCUT2D eigenvalue weighted by molar-refractivity contribution is 0.194. The molecule has 0 aromatic heterocycles. The summed E-state index contributed by atoms with van der Waals surface area (Å²) in [5, 5.41) is 13.1. The standard InChI is InChI=1S/C18H29NO/c1-13-5-4-6-18(15(13)3)19-14(2)7-8-16-9-11-17(20)12-10-16/h9-15,18-20H,4-8H2,1-3H3/t13-,14+,15+,18+/m1/s1. The summed E-state index contributed by atoms with van der Waals surface area (Å²) < 4.78 is 0. The summed E-state index contributed by atoms with van der Waals surface area (Å²) in [5.74, 6) is 2.00. The number of aromatic hydroxyl groups is 1. The summed E-state index contributed by atoms with van der Waals surface area (Å²) in [6, 6.07) is 8.84. The Bertz CT molecular complexity index is 400. The molecule has 1 aromatic rings. The van der Waals surface area contributed by atoms with Gasteiger partial charge in [0.15, 0.2) is 0 Å². The molecule has 0 bridgehead atoms. The van der Waals surface area contributed by atoms with Gasteiger partial charge in [-0.1, -0.05) is 38.8 Å². The van der Waals surface area contributed by atoms with E-state index >= 15 is 0 Å². The first kappa shape index (κ1) is 15.4. The Morgan fingerprint density at radius 1 is 1.20 bits per heavy atom. The average Bonchev–Trinajstić information content (AvgIpc) is 2.43. The van der Waals surface area contributed by atoms with Crippen molar-refractivity contribution >= 4 is 0 Å². The van der Waals surface area contributed by atoms with E-state index in [-0.39, 0.29) is 0 Å². The lowest BCUT2D eigenvalue weighted by atomic mass is 9.78. The lowest BCUT2D eigenvalue weighted by Gasteiger charge is -2.36. The molecule has 0 saturated heterocycles. The fourth-order valence-electron chi connectivity index (χ4n) is 3.31. The van der Waals surface area contributed by atoms with Crippen molar-refractivity contribution in [3.05, 3.63) is 29.8 Å². The van der Waals surface area contributed by atoms with Gasteiger partial charge in [-0.3, -0.25) is 0 Å². The van der Waals surface area contributed by atoms with Crippen LogP contribution in [0.4, 0.5) is 0 Å². The van der Waals surface area contributed by atoms with Gasteiger partial charge in [0.2, 0.25) is 0 Å². The van der Waals surface area contributed by atoms with E-state index in [1.165, 1.54) is 24.8 Å². The molecule has 0 unspecified atom stereocenters. The van der Waals surface area contributed by atoms with Crippen molar-refractivity contribution in [2.75, 3.05) is 0 Å². The average molecular weight is 275 g/mol. The van der Waals surface area contributed by atoms with Crippen molar-refractivity contribution in [3.63, 3.8) is 0 Å². The maximum absolute atomic E-state index is 9.29. The van der Waals surface area contributed by atoms with E-state index < -0.39 is 0 Å². The molecule has 1 aliphatic carbocycles. The highest BCUT2D eigenvalue weighted by atomic mass is 16.3. The first-order chi connectivity index (χ1) is 9.56. The quantitative estimate of drug-likeness (QED) is 0.847. The van der Waals surface area contributed by atoms with E-state index in [2.05, 4.69) is 26.1 Å². The number of rotatable bonds is 5. The van der Waals surface area contributed by atoms with E-state index in [1.807, 2.05) is 12.1 Å². The third-order valence-corrected chi connectivity index (χ3v) is 5.01. The Labute approximate surface area is 123 Å². The van der Waals surface area contributed by atoms with Crippen LogP contribution in [0.25, 0.3) is 0 Å². The molecule has 2 rings (SSSR count). The second kappa shape index (κ2) is 7.12. The molecule has 0 spiro atoms. The van der Waals surface area contributed by atoms with Crippen LogP contribution in [0.15, 0.2) is 24.3 Å². The van der Waals surface area contributed by atoms with Crippen LogP contribution in [-0.4, -0.2) is 17.2 Å². The van der Waals surface area contributed by atoms with Gasteiger partial charge >= 0.3 is 0 Å². The van der Waals surface area contributed by atoms with Crippen LogP contribution in [0, 0.1) is 11.8 Å². The summed E-state index contributed by atoms with van der Waals surface area (Å²) >= 11 is 0. The molecular formula is C18H29NO. The highest BCUT2D eigenvalue weighted by Crippen LogP contribution is 2.29. The molecule has 1 aliphatic rings. The Morgan fingerprint density at radius 3 is 2.60 bits per heavy atom. The second-order valence-electron chi connectivity index (χ2n) is 6.65. The Kier molecular flexibility index (Phi) is 5.47. The predicted molar refractivity (Wildman–Crippen MR) is 85.0 cm³/mol. The van der Waals surface area contributed by atoms with Crippen LogP contribution in [0.1, 0.15) is 52.0 Å². The van der Waals surface area contributed by atoms with E-state index in [1.54, 1.807) is 12.1 Å². The van der Waals surface area contributed by atoms with Gasteiger partial charge in [-0.15, -0.1) is 0 Å². The number of phenolic OH excluding ortho intramolecular Hbond substituents is 1. The van der Waals surface area contributed by atoms with Gasteiger partial charge in [0.1, 0.15) is 5.75 Å². The number of hydrogen-bond acceptors (Lipinski definition) is 2. The molecule has 0 heterocycles. The van der Waals surface area contributed by atoms with Crippen molar-refractivity contribution in [1.29, 1.82) is 0 Å². The smallest absolute Gasteiger partial charge is 0.115 e. The fourth-order valence-corrected chi connectivity index (χ4v) is 3.31. The zero-order valence-corrected chi connectivity index (χ0v) is 13.1. The van der Waals surface area contributed by atoms with Crippen LogP contribution in [0.2, 0.25) is 0 Å². The predicted octanol–water partition coefficient (Wildman–Crippen LogP) is 4.13. The van der Waals surface area contributed by atoms with Gasteiger partial charge in [0, 0.05) is 12.1 Å². The molecule has 0 amide bonds. The van der Waals surface area contributed by atoms with Gasteiger partial charge in [-0.2, -0.15) is 0 Å². The first-order valence-corrected chi connectivity index (χ1v) is 8.10. The first-order valence-electron chi connectivity index (χ1n) is 8.10. The topological polar surface area (TPSA) is 32.3 Å². The van der Waals surface area contributed by atoms with Crippen LogP contribution < -0.4 is 5.32 Å². The lowest BCUT2D eigenvalue weighted by Crippen LogP contribution is -2.44. The normalized spacial score (nSPS) is 28.2. The summed E-state index contributed by atoms with van der Waals surface area (Å²) in [5.41, 5.74) is 1.31. The molecule has 2 nitrogen and oxygen atoms in total.